The molecule has 0 bridgehead atoms. The Labute approximate surface area is 171 Å². The van der Waals surface area contributed by atoms with E-state index >= 15 is 0 Å². The van der Waals surface area contributed by atoms with E-state index in [2.05, 4.69) is 20.1 Å². The zero-order valence-electron chi connectivity index (χ0n) is 16.9. The summed E-state index contributed by atoms with van der Waals surface area (Å²) in [6, 6.07) is 8.01. The molecular weight excluding hydrogens is 370 g/mol. The molecule has 2 aromatic rings. The van der Waals surface area contributed by atoms with Crippen molar-refractivity contribution < 1.29 is 13.9 Å². The van der Waals surface area contributed by atoms with Crippen molar-refractivity contribution in [2.24, 2.45) is 0 Å². The molecule has 156 valence electrons. The minimum Gasteiger partial charge on any atom is -0.465 e. The number of pyridine rings is 1. The van der Waals surface area contributed by atoms with E-state index in [-0.39, 0.29) is 12.1 Å². The van der Waals surface area contributed by atoms with Crippen LogP contribution in [0, 0.1) is 6.92 Å². The van der Waals surface area contributed by atoms with Crippen LogP contribution < -0.4 is 10.2 Å². The van der Waals surface area contributed by atoms with E-state index in [0.29, 0.717) is 32.8 Å². The smallest absolute Gasteiger partial charge is 0.317 e. The number of carbonyl (C=O) groups excluding carboxylic acids is 1. The quantitative estimate of drug-likeness (QED) is 0.828. The van der Waals surface area contributed by atoms with Gasteiger partial charge in [0.15, 0.2) is 0 Å². The van der Waals surface area contributed by atoms with Crippen molar-refractivity contribution in [3.63, 3.8) is 0 Å². The zero-order valence-corrected chi connectivity index (χ0v) is 16.9. The fraction of sp³-hybridized carbons (Fsp3) is 0.524. The second kappa shape index (κ2) is 9.28. The molecule has 0 spiro atoms. The standard InChI is InChI=1S/C21H29N5O3/c1-17-2-3-20(29-17)19(25-12-14-28-15-13-25)16-23-21(27)26-10-8-24(9-11-26)18-4-6-22-7-5-18/h2-7,19H,8-16H2,1H3,(H,23,27). The number of piperazine rings is 1. The molecule has 0 radical (unpaired) electrons. The highest BCUT2D eigenvalue weighted by molar-refractivity contribution is 5.74. The number of nitrogens with one attached hydrogen (secondary N) is 1. The largest absolute Gasteiger partial charge is 0.465 e. The van der Waals surface area contributed by atoms with Crippen LogP contribution in [0.25, 0.3) is 0 Å². The summed E-state index contributed by atoms with van der Waals surface area (Å²) in [5, 5.41) is 3.13. The summed E-state index contributed by atoms with van der Waals surface area (Å²) in [6.45, 7) is 8.62. The van der Waals surface area contributed by atoms with Crippen molar-refractivity contribution in [1.29, 1.82) is 0 Å². The fourth-order valence-corrected chi connectivity index (χ4v) is 3.95. The minimum absolute atomic E-state index is 0.0130. The molecule has 29 heavy (non-hydrogen) atoms. The monoisotopic (exact) mass is 399 g/mol. The van der Waals surface area contributed by atoms with E-state index in [1.807, 2.05) is 36.1 Å². The molecule has 2 saturated heterocycles. The summed E-state index contributed by atoms with van der Waals surface area (Å²) in [7, 11) is 0. The lowest BCUT2D eigenvalue weighted by atomic mass is 10.1. The topological polar surface area (TPSA) is 74.1 Å². The summed E-state index contributed by atoms with van der Waals surface area (Å²) in [6.07, 6.45) is 3.60. The first kappa shape index (κ1) is 19.7. The molecule has 2 aromatic heterocycles. The molecule has 2 fully saturated rings. The summed E-state index contributed by atoms with van der Waals surface area (Å²) >= 11 is 0. The number of aromatic nitrogens is 1. The lowest BCUT2D eigenvalue weighted by Gasteiger charge is -2.37. The molecule has 2 aliphatic heterocycles. The summed E-state index contributed by atoms with van der Waals surface area (Å²) in [5.41, 5.74) is 1.15. The molecule has 8 heteroatoms. The molecule has 2 aliphatic rings. The Morgan fingerprint density at radius 2 is 1.79 bits per heavy atom. The van der Waals surface area contributed by atoms with Gasteiger partial charge in [0.2, 0.25) is 0 Å². The van der Waals surface area contributed by atoms with Crippen molar-refractivity contribution >= 4 is 11.7 Å². The number of amides is 2. The molecule has 2 amide bonds. The van der Waals surface area contributed by atoms with Gasteiger partial charge in [0.05, 0.1) is 19.3 Å². The number of nitrogens with zero attached hydrogens (tertiary/aromatic N) is 4. The van der Waals surface area contributed by atoms with E-state index in [4.69, 9.17) is 9.15 Å². The number of rotatable bonds is 5. The average molecular weight is 399 g/mol. The van der Waals surface area contributed by atoms with Gasteiger partial charge in [0.1, 0.15) is 11.5 Å². The number of ether oxygens (including phenoxy) is 1. The highest BCUT2D eigenvalue weighted by atomic mass is 16.5. The van der Waals surface area contributed by atoms with E-state index < -0.39 is 0 Å². The van der Waals surface area contributed by atoms with Crippen LogP contribution in [-0.4, -0.2) is 79.8 Å². The molecule has 0 aliphatic carbocycles. The van der Waals surface area contributed by atoms with Crippen molar-refractivity contribution in [1.82, 2.24) is 20.1 Å². The van der Waals surface area contributed by atoms with Crippen LogP contribution in [0.15, 0.2) is 41.1 Å². The van der Waals surface area contributed by atoms with Crippen molar-refractivity contribution in [2.75, 3.05) is 63.9 Å². The van der Waals surface area contributed by atoms with Gasteiger partial charge in [-0.3, -0.25) is 9.88 Å². The first-order valence-corrected chi connectivity index (χ1v) is 10.3. The summed E-state index contributed by atoms with van der Waals surface area (Å²) in [5.74, 6) is 1.78. The van der Waals surface area contributed by atoms with Crippen molar-refractivity contribution in [2.45, 2.75) is 13.0 Å². The van der Waals surface area contributed by atoms with Crippen LogP contribution in [0.5, 0.6) is 0 Å². The predicted molar refractivity (Wildman–Crippen MR) is 110 cm³/mol. The average Bonchev–Trinajstić information content (AvgIpc) is 3.21. The third-order valence-electron chi connectivity index (χ3n) is 5.62. The first-order chi connectivity index (χ1) is 14.2. The Bertz CT molecular complexity index is 783. The van der Waals surface area contributed by atoms with E-state index in [1.165, 1.54) is 0 Å². The summed E-state index contributed by atoms with van der Waals surface area (Å²) in [4.78, 5) is 23.3. The Balaban J connectivity index is 1.32. The Hall–Kier alpha value is -2.58. The van der Waals surface area contributed by atoms with Crippen LogP contribution in [0.1, 0.15) is 17.6 Å². The second-order valence-electron chi connectivity index (χ2n) is 7.48. The predicted octanol–water partition coefficient (Wildman–Crippen LogP) is 1.89. The lowest BCUT2D eigenvalue weighted by Crippen LogP contribution is -2.53. The number of furan rings is 1. The summed E-state index contributed by atoms with van der Waals surface area (Å²) < 4.78 is 11.4. The van der Waals surface area contributed by atoms with Crippen molar-refractivity contribution in [3.8, 4) is 0 Å². The molecule has 1 atom stereocenters. The zero-order chi connectivity index (χ0) is 20.1. The lowest BCUT2D eigenvalue weighted by molar-refractivity contribution is 0.0119. The Kier molecular flexibility index (Phi) is 6.31. The molecule has 8 nitrogen and oxygen atoms in total. The Morgan fingerprint density at radius 1 is 1.07 bits per heavy atom. The van der Waals surface area contributed by atoms with E-state index in [0.717, 1.165) is 43.4 Å². The maximum absolute atomic E-state index is 12.8. The van der Waals surface area contributed by atoms with Crippen molar-refractivity contribution in [3.05, 3.63) is 48.2 Å². The van der Waals surface area contributed by atoms with Crippen LogP contribution in [0.4, 0.5) is 10.5 Å². The van der Waals surface area contributed by atoms with Crippen LogP contribution in [0.3, 0.4) is 0 Å². The van der Waals surface area contributed by atoms with Gasteiger partial charge in [-0.25, -0.2) is 4.79 Å². The number of anilines is 1. The van der Waals surface area contributed by atoms with Gasteiger partial charge in [0, 0.05) is 63.9 Å². The molecular formula is C21H29N5O3. The maximum atomic E-state index is 12.8. The SMILES string of the molecule is Cc1ccc(C(CNC(=O)N2CCN(c3ccncc3)CC2)N2CCOCC2)o1. The van der Waals surface area contributed by atoms with E-state index in [9.17, 15) is 4.79 Å². The van der Waals surface area contributed by atoms with Gasteiger partial charge < -0.3 is 24.3 Å². The number of carbonyl (C=O) groups is 1. The van der Waals surface area contributed by atoms with E-state index in [1.54, 1.807) is 12.4 Å². The van der Waals surface area contributed by atoms with Gasteiger partial charge in [-0.15, -0.1) is 0 Å². The van der Waals surface area contributed by atoms with Gasteiger partial charge in [-0.1, -0.05) is 0 Å². The van der Waals surface area contributed by atoms with Gasteiger partial charge in [-0.2, -0.15) is 0 Å². The normalized spacial score (nSPS) is 19.2. The van der Waals surface area contributed by atoms with Gasteiger partial charge >= 0.3 is 6.03 Å². The highest BCUT2D eigenvalue weighted by Crippen LogP contribution is 2.23. The molecule has 0 aromatic carbocycles. The van der Waals surface area contributed by atoms with Crippen LogP contribution >= 0.6 is 0 Å². The van der Waals surface area contributed by atoms with Gasteiger partial charge in [0.25, 0.3) is 0 Å². The minimum atomic E-state index is -0.0130. The Morgan fingerprint density at radius 3 is 2.45 bits per heavy atom. The van der Waals surface area contributed by atoms with Gasteiger partial charge in [-0.05, 0) is 31.2 Å². The van der Waals surface area contributed by atoms with Crippen LogP contribution in [0.2, 0.25) is 0 Å². The molecule has 1 unspecified atom stereocenters. The number of hydrogen-bond donors (Lipinski definition) is 1. The first-order valence-electron chi connectivity index (χ1n) is 10.3. The fourth-order valence-electron chi connectivity index (χ4n) is 3.95. The highest BCUT2D eigenvalue weighted by Gasteiger charge is 2.27. The molecule has 0 saturated carbocycles. The molecule has 1 N–H and O–H groups in total. The molecule has 4 rings (SSSR count). The number of urea groups is 1. The number of morpholine rings is 1. The second-order valence-corrected chi connectivity index (χ2v) is 7.48. The maximum Gasteiger partial charge on any atom is 0.317 e. The third-order valence-corrected chi connectivity index (χ3v) is 5.62. The number of aryl methyl sites for hydroxylation is 1. The van der Waals surface area contributed by atoms with Crippen LogP contribution in [-0.2, 0) is 4.74 Å². The third kappa shape index (κ3) is 4.89. The molecule has 4 heterocycles. The number of hydrogen-bond acceptors (Lipinski definition) is 6.